The monoisotopic (exact) mass is 354 g/mol. The zero-order valence-electron chi connectivity index (χ0n) is 14.6. The van der Waals surface area contributed by atoms with Crippen LogP contribution in [0.4, 0.5) is 0 Å². The van der Waals surface area contributed by atoms with Crippen molar-refractivity contribution < 1.29 is 24.1 Å². The Balaban J connectivity index is 1.99. The number of methoxy groups -OCH3 is 3. The van der Waals surface area contributed by atoms with E-state index in [4.69, 9.17) is 14.2 Å². The van der Waals surface area contributed by atoms with Gasteiger partial charge in [-0.25, -0.2) is 9.78 Å². The molecule has 0 amide bonds. The molecule has 0 atom stereocenters. The summed E-state index contributed by atoms with van der Waals surface area (Å²) >= 11 is 0. The van der Waals surface area contributed by atoms with E-state index in [1.54, 1.807) is 39.5 Å². The Kier molecular flexibility index (Phi) is 4.79. The molecule has 3 rings (SSSR count). The summed E-state index contributed by atoms with van der Waals surface area (Å²) in [6, 6.07) is 8.60. The Morgan fingerprint density at radius 2 is 1.77 bits per heavy atom. The molecule has 0 unspecified atom stereocenters. The third kappa shape index (κ3) is 3.19. The zero-order valence-corrected chi connectivity index (χ0v) is 14.6. The Bertz CT molecular complexity index is 966. The molecule has 0 bridgehead atoms. The highest BCUT2D eigenvalue weighted by atomic mass is 16.5. The van der Waals surface area contributed by atoms with Crippen LogP contribution in [0.15, 0.2) is 30.3 Å². The maximum atomic E-state index is 11.3. The second-order valence-corrected chi connectivity index (χ2v) is 5.42. The van der Waals surface area contributed by atoms with E-state index in [-0.39, 0.29) is 5.56 Å². The van der Waals surface area contributed by atoms with Crippen molar-refractivity contribution in [3.63, 3.8) is 0 Å². The Labute approximate surface area is 149 Å². The third-order valence-electron chi connectivity index (χ3n) is 3.88. The van der Waals surface area contributed by atoms with Crippen molar-refractivity contribution in [1.82, 2.24) is 9.97 Å². The first-order valence-corrected chi connectivity index (χ1v) is 7.77. The largest absolute Gasteiger partial charge is 0.493 e. The minimum absolute atomic E-state index is 0.159. The minimum atomic E-state index is -1.01. The summed E-state index contributed by atoms with van der Waals surface area (Å²) in [5, 5.41) is 9.25. The summed E-state index contributed by atoms with van der Waals surface area (Å²) in [4.78, 5) is 18.7. The highest BCUT2D eigenvalue weighted by Gasteiger charge is 2.13. The first kappa shape index (κ1) is 17.3. The molecule has 26 heavy (non-hydrogen) atoms. The van der Waals surface area contributed by atoms with E-state index in [9.17, 15) is 9.90 Å². The molecule has 0 aliphatic carbocycles. The van der Waals surface area contributed by atoms with E-state index >= 15 is 0 Å². The van der Waals surface area contributed by atoms with Gasteiger partial charge >= 0.3 is 5.97 Å². The molecule has 3 aromatic rings. The molecule has 2 N–H and O–H groups in total. The van der Waals surface area contributed by atoms with E-state index in [0.29, 0.717) is 34.1 Å². The van der Waals surface area contributed by atoms with Crippen LogP contribution in [0.3, 0.4) is 0 Å². The summed E-state index contributed by atoms with van der Waals surface area (Å²) < 4.78 is 16.0. The average molecular weight is 354 g/mol. The van der Waals surface area contributed by atoms with E-state index < -0.39 is 5.97 Å². The fraction of sp³-hybridized carbons (Fsp3) is 0.158. The summed E-state index contributed by atoms with van der Waals surface area (Å²) in [6.45, 7) is 0. The first-order valence-electron chi connectivity index (χ1n) is 7.77. The lowest BCUT2D eigenvalue weighted by atomic mass is 10.1. The predicted octanol–water partition coefficient (Wildman–Crippen LogP) is 3.46. The zero-order chi connectivity index (χ0) is 18.7. The normalized spacial score (nSPS) is 11.0. The number of aromatic amines is 1. The number of rotatable bonds is 6. The van der Waals surface area contributed by atoms with Gasteiger partial charge in [-0.15, -0.1) is 0 Å². The number of carboxylic acid groups (broad SMARTS) is 1. The SMILES string of the molecule is COc1cc(/C=C/c2nc3c(C(=O)O)cccc3[nH]2)cc(OC)c1OC. The van der Waals surface area contributed by atoms with Gasteiger partial charge < -0.3 is 24.3 Å². The number of nitrogens with zero attached hydrogens (tertiary/aromatic N) is 1. The Morgan fingerprint density at radius 1 is 1.08 bits per heavy atom. The van der Waals surface area contributed by atoms with Crippen LogP contribution in [0.5, 0.6) is 17.2 Å². The smallest absolute Gasteiger partial charge is 0.337 e. The second-order valence-electron chi connectivity index (χ2n) is 5.42. The number of ether oxygens (including phenoxy) is 3. The lowest BCUT2D eigenvalue weighted by Gasteiger charge is -2.12. The lowest BCUT2D eigenvalue weighted by molar-refractivity contribution is 0.0699. The van der Waals surface area contributed by atoms with Crippen LogP contribution in [0.1, 0.15) is 21.7 Å². The van der Waals surface area contributed by atoms with E-state index in [1.807, 2.05) is 18.2 Å². The van der Waals surface area contributed by atoms with Crippen molar-refractivity contribution in [2.24, 2.45) is 0 Å². The number of fused-ring (bicyclic) bond motifs is 1. The van der Waals surface area contributed by atoms with Crippen LogP contribution in [-0.2, 0) is 0 Å². The number of nitrogens with one attached hydrogen (secondary N) is 1. The highest BCUT2D eigenvalue weighted by molar-refractivity contribution is 6.01. The minimum Gasteiger partial charge on any atom is -0.493 e. The first-order chi connectivity index (χ1) is 12.6. The molecule has 0 aliphatic heterocycles. The molecule has 0 saturated heterocycles. The number of hydrogen-bond acceptors (Lipinski definition) is 5. The molecule has 2 aromatic carbocycles. The molecule has 134 valence electrons. The van der Waals surface area contributed by atoms with Gasteiger partial charge in [0.05, 0.1) is 32.4 Å². The number of aromatic carboxylic acids is 1. The molecule has 0 spiro atoms. The highest BCUT2D eigenvalue weighted by Crippen LogP contribution is 2.38. The summed E-state index contributed by atoms with van der Waals surface area (Å²) in [5.74, 6) is 1.14. The van der Waals surface area contributed by atoms with Gasteiger partial charge in [-0.1, -0.05) is 12.1 Å². The van der Waals surface area contributed by atoms with Crippen LogP contribution in [0.2, 0.25) is 0 Å². The van der Waals surface area contributed by atoms with E-state index in [1.165, 1.54) is 6.07 Å². The van der Waals surface area contributed by atoms with Gasteiger partial charge in [0.15, 0.2) is 11.5 Å². The second kappa shape index (κ2) is 7.18. The topological polar surface area (TPSA) is 93.7 Å². The van der Waals surface area contributed by atoms with Crippen LogP contribution in [0, 0.1) is 0 Å². The number of aromatic nitrogens is 2. The van der Waals surface area contributed by atoms with Crippen LogP contribution >= 0.6 is 0 Å². The maximum absolute atomic E-state index is 11.3. The van der Waals surface area contributed by atoms with Crippen LogP contribution < -0.4 is 14.2 Å². The van der Waals surface area contributed by atoms with E-state index in [0.717, 1.165) is 5.56 Å². The van der Waals surface area contributed by atoms with Crippen LogP contribution in [-0.4, -0.2) is 42.4 Å². The number of hydrogen-bond donors (Lipinski definition) is 2. The molecule has 7 heteroatoms. The lowest BCUT2D eigenvalue weighted by Crippen LogP contribution is -1.96. The number of H-pyrrole nitrogens is 1. The molecular formula is C19H18N2O5. The molecule has 0 saturated carbocycles. The van der Waals surface area contributed by atoms with Crippen LogP contribution in [0.25, 0.3) is 23.2 Å². The standard InChI is InChI=1S/C19H18N2O5/c1-24-14-9-11(10-15(25-2)18(14)26-3)7-8-16-20-13-6-4-5-12(19(22)23)17(13)21-16/h4-10H,1-3H3,(H,20,21)(H,22,23)/b8-7+. The van der Waals surface area contributed by atoms with Crippen molar-refractivity contribution in [2.45, 2.75) is 0 Å². The summed E-state index contributed by atoms with van der Waals surface area (Å²) in [7, 11) is 4.65. The van der Waals surface area contributed by atoms with Crippen molar-refractivity contribution in [3.05, 3.63) is 47.3 Å². The van der Waals surface area contributed by atoms with Gasteiger partial charge in [0.1, 0.15) is 11.3 Å². The van der Waals surface area contributed by atoms with Gasteiger partial charge in [-0.05, 0) is 35.9 Å². The van der Waals surface area contributed by atoms with Crippen molar-refractivity contribution in [1.29, 1.82) is 0 Å². The predicted molar refractivity (Wildman–Crippen MR) is 98.1 cm³/mol. The van der Waals surface area contributed by atoms with Crippen molar-refractivity contribution in [2.75, 3.05) is 21.3 Å². The van der Waals surface area contributed by atoms with Gasteiger partial charge in [0.2, 0.25) is 5.75 Å². The third-order valence-corrected chi connectivity index (χ3v) is 3.88. The molecule has 7 nitrogen and oxygen atoms in total. The number of benzene rings is 2. The average Bonchev–Trinajstić information content (AvgIpc) is 3.08. The Morgan fingerprint density at radius 3 is 2.35 bits per heavy atom. The van der Waals surface area contributed by atoms with E-state index in [2.05, 4.69) is 9.97 Å². The number of imidazole rings is 1. The van der Waals surface area contributed by atoms with Crippen molar-refractivity contribution in [3.8, 4) is 17.2 Å². The molecular weight excluding hydrogens is 336 g/mol. The van der Waals surface area contributed by atoms with Crippen molar-refractivity contribution >= 4 is 29.2 Å². The molecule has 1 heterocycles. The quantitative estimate of drug-likeness (QED) is 0.704. The van der Waals surface area contributed by atoms with Gasteiger partial charge in [-0.2, -0.15) is 0 Å². The fourth-order valence-corrected chi connectivity index (χ4v) is 2.68. The fourth-order valence-electron chi connectivity index (χ4n) is 2.68. The molecule has 0 fully saturated rings. The van der Waals surface area contributed by atoms with Gasteiger partial charge in [-0.3, -0.25) is 0 Å². The number of carbonyl (C=O) groups is 1. The summed E-state index contributed by atoms with van der Waals surface area (Å²) in [6.07, 6.45) is 3.58. The number of para-hydroxylation sites is 1. The summed E-state index contributed by atoms with van der Waals surface area (Å²) in [5.41, 5.74) is 2.06. The molecule has 0 aliphatic rings. The van der Waals surface area contributed by atoms with Gasteiger partial charge in [0, 0.05) is 0 Å². The maximum Gasteiger partial charge on any atom is 0.337 e. The Hall–Kier alpha value is -3.48. The number of carboxylic acids is 1. The van der Waals surface area contributed by atoms with Gasteiger partial charge in [0.25, 0.3) is 0 Å². The molecule has 1 aromatic heterocycles. The molecule has 0 radical (unpaired) electrons.